The minimum Gasteiger partial charge on any atom is -0.261 e. The molecule has 1 saturated carbocycles. The number of fused-ring (bicyclic) bond motifs is 5. The second-order valence-corrected chi connectivity index (χ2v) is 17.3. The van der Waals surface area contributed by atoms with E-state index in [9.17, 15) is 0 Å². The summed E-state index contributed by atoms with van der Waals surface area (Å²) in [7, 11) is 0. The van der Waals surface area contributed by atoms with Gasteiger partial charge in [-0.05, 0) is 170 Å². The molecule has 288 valence electrons. The van der Waals surface area contributed by atoms with Crippen molar-refractivity contribution in [3.05, 3.63) is 160 Å². The minimum absolute atomic E-state index is 0. The van der Waals surface area contributed by atoms with E-state index in [-0.39, 0.29) is 7.43 Å². The Kier molecular flexibility index (Phi) is 16.0. The maximum absolute atomic E-state index is 4.40. The van der Waals surface area contributed by atoms with E-state index in [1.54, 1.807) is 33.4 Å². The summed E-state index contributed by atoms with van der Waals surface area (Å²) < 4.78 is 0. The number of hydrogen-bond acceptors (Lipinski definition) is 1. The standard InChI is InChI=1S/2C11H14.C10H13N.C10H12.C10H14.CH4/c1-9-5-4-7-10-6-2-3-8-11(9)10;1-9-6-7-10-4-2-3-5-11(10)8-9;1-8-4-2-5-9-6-3-7-11-10(8)9;1-8-6-9-4-2-3-5-10(9)7-8;1-8-6-7-9-4-2-3-5-10(8)9;/h2-3,6,8-9H,4-5,7H2,1H3;2-5,9H,6-8H2,1H3;3,6-8H,2,4-5H2,1H3;2-5,8H,6-7H2,1H3;2-5,8-10H,6-7H2,1H3;1H4. The van der Waals surface area contributed by atoms with Gasteiger partial charge in [0.15, 0.2) is 0 Å². The Bertz CT molecular complexity index is 1700. The second-order valence-electron chi connectivity index (χ2n) is 17.3. The Morgan fingerprint density at radius 2 is 1.04 bits per heavy atom. The van der Waals surface area contributed by atoms with Gasteiger partial charge in [-0.1, -0.05) is 145 Å². The fourth-order valence-electron chi connectivity index (χ4n) is 9.72. The molecule has 6 unspecified atom stereocenters. The van der Waals surface area contributed by atoms with Gasteiger partial charge < -0.3 is 0 Å². The lowest BCUT2D eigenvalue weighted by Gasteiger charge is -2.21. The predicted molar refractivity (Wildman–Crippen MR) is 234 cm³/mol. The van der Waals surface area contributed by atoms with Crippen molar-refractivity contribution in [3.63, 3.8) is 0 Å². The molecule has 1 fully saturated rings. The normalized spacial score (nSPS) is 25.3. The third-order valence-corrected chi connectivity index (χ3v) is 12.9. The van der Waals surface area contributed by atoms with Gasteiger partial charge in [-0.2, -0.15) is 0 Å². The number of benzene rings is 3. The van der Waals surface area contributed by atoms with Crippen LogP contribution in [0.2, 0.25) is 0 Å². The smallest absolute Gasteiger partial charge is 0.0463 e. The van der Waals surface area contributed by atoms with Crippen LogP contribution in [0.1, 0.15) is 143 Å². The van der Waals surface area contributed by atoms with Gasteiger partial charge in [0, 0.05) is 11.9 Å². The maximum atomic E-state index is 4.40. The molecule has 0 spiro atoms. The van der Waals surface area contributed by atoms with E-state index in [0.29, 0.717) is 5.92 Å². The van der Waals surface area contributed by atoms with E-state index in [0.717, 1.165) is 35.5 Å². The van der Waals surface area contributed by atoms with Gasteiger partial charge in [0.05, 0.1) is 0 Å². The summed E-state index contributed by atoms with van der Waals surface area (Å²) in [5.41, 5.74) is 12.2. The van der Waals surface area contributed by atoms with Crippen LogP contribution in [0.5, 0.6) is 0 Å². The zero-order valence-corrected chi connectivity index (χ0v) is 33.7. The summed E-state index contributed by atoms with van der Waals surface area (Å²) in [4.78, 5) is 4.40. The van der Waals surface area contributed by atoms with Crippen molar-refractivity contribution < 1.29 is 0 Å². The first-order valence-electron chi connectivity index (χ1n) is 21.4. The lowest BCUT2D eigenvalue weighted by Crippen LogP contribution is -2.10. The lowest BCUT2D eigenvalue weighted by molar-refractivity contribution is 0.451. The highest BCUT2D eigenvalue weighted by atomic mass is 14.7. The Morgan fingerprint density at radius 3 is 1.70 bits per heavy atom. The van der Waals surface area contributed by atoms with E-state index < -0.39 is 0 Å². The fraction of sp³-hybridized carbons (Fsp3) is 0.491. The Hall–Kier alpha value is -3.71. The van der Waals surface area contributed by atoms with Crippen molar-refractivity contribution in [2.24, 2.45) is 29.6 Å². The largest absolute Gasteiger partial charge is 0.261 e. The number of pyridine rings is 1. The van der Waals surface area contributed by atoms with E-state index >= 15 is 0 Å². The molecule has 1 heteroatoms. The summed E-state index contributed by atoms with van der Waals surface area (Å²) >= 11 is 0. The molecule has 0 bridgehead atoms. The van der Waals surface area contributed by atoms with Gasteiger partial charge in [0.1, 0.15) is 0 Å². The number of aryl methyl sites for hydroxylation is 3. The Balaban J connectivity index is 0.000000129. The minimum atomic E-state index is 0. The van der Waals surface area contributed by atoms with Crippen LogP contribution in [0.25, 0.3) is 0 Å². The molecular formula is C53H71N. The van der Waals surface area contributed by atoms with Crippen LogP contribution < -0.4 is 0 Å². The third kappa shape index (κ3) is 11.4. The molecule has 0 saturated heterocycles. The summed E-state index contributed by atoms with van der Waals surface area (Å²) in [6, 6.07) is 30.7. The van der Waals surface area contributed by atoms with Crippen molar-refractivity contribution in [1.82, 2.24) is 4.98 Å². The van der Waals surface area contributed by atoms with Crippen LogP contribution in [-0.2, 0) is 38.5 Å². The van der Waals surface area contributed by atoms with Gasteiger partial charge >= 0.3 is 0 Å². The molecule has 0 amide bonds. The first-order chi connectivity index (χ1) is 25.9. The Morgan fingerprint density at radius 1 is 0.481 bits per heavy atom. The molecule has 4 aromatic rings. The zero-order chi connectivity index (χ0) is 37.0. The van der Waals surface area contributed by atoms with Gasteiger partial charge in [-0.25, -0.2) is 0 Å². The van der Waals surface area contributed by atoms with Gasteiger partial charge in [-0.3, -0.25) is 4.98 Å². The number of allylic oxidation sites excluding steroid dienone is 4. The van der Waals surface area contributed by atoms with Crippen molar-refractivity contribution in [2.75, 3.05) is 0 Å². The van der Waals surface area contributed by atoms with Gasteiger partial charge in [0.25, 0.3) is 0 Å². The quantitative estimate of drug-likeness (QED) is 0.176. The predicted octanol–water partition coefficient (Wildman–Crippen LogP) is 14.3. The molecule has 3 aromatic carbocycles. The van der Waals surface area contributed by atoms with Crippen molar-refractivity contribution in [3.8, 4) is 0 Å². The molecule has 10 rings (SSSR count). The van der Waals surface area contributed by atoms with Gasteiger partial charge in [-0.15, -0.1) is 0 Å². The van der Waals surface area contributed by atoms with Crippen LogP contribution in [0.3, 0.4) is 0 Å². The molecule has 1 heterocycles. The molecule has 54 heavy (non-hydrogen) atoms. The van der Waals surface area contributed by atoms with Crippen molar-refractivity contribution in [1.29, 1.82) is 0 Å². The van der Waals surface area contributed by atoms with Crippen LogP contribution in [0.4, 0.5) is 0 Å². The first-order valence-corrected chi connectivity index (χ1v) is 21.4. The summed E-state index contributed by atoms with van der Waals surface area (Å²) in [6.45, 7) is 11.6. The van der Waals surface area contributed by atoms with Crippen molar-refractivity contribution in [2.45, 2.75) is 137 Å². The number of aromatic nitrogens is 1. The molecule has 6 atom stereocenters. The van der Waals surface area contributed by atoms with Crippen LogP contribution in [-0.4, -0.2) is 4.98 Å². The van der Waals surface area contributed by atoms with Gasteiger partial charge in [0.2, 0.25) is 0 Å². The molecular weight excluding hydrogens is 651 g/mol. The van der Waals surface area contributed by atoms with Crippen LogP contribution >= 0.6 is 0 Å². The zero-order valence-electron chi connectivity index (χ0n) is 33.7. The Labute approximate surface area is 330 Å². The summed E-state index contributed by atoms with van der Waals surface area (Å²) in [6.07, 6.45) is 28.3. The van der Waals surface area contributed by atoms with E-state index in [1.165, 1.54) is 94.7 Å². The summed E-state index contributed by atoms with van der Waals surface area (Å²) in [5.74, 6) is 5.90. The first kappa shape index (κ1) is 41.5. The molecule has 0 aliphatic heterocycles. The molecule has 1 aromatic heterocycles. The summed E-state index contributed by atoms with van der Waals surface area (Å²) in [5, 5.41) is 0. The van der Waals surface area contributed by atoms with Crippen LogP contribution in [0.15, 0.2) is 115 Å². The molecule has 0 N–H and O–H groups in total. The third-order valence-electron chi connectivity index (χ3n) is 12.9. The topological polar surface area (TPSA) is 12.9 Å². The fourth-order valence-corrected chi connectivity index (χ4v) is 9.72. The van der Waals surface area contributed by atoms with E-state index in [1.807, 2.05) is 12.3 Å². The van der Waals surface area contributed by atoms with Crippen molar-refractivity contribution >= 4 is 0 Å². The second kappa shape index (κ2) is 20.8. The number of nitrogens with zero attached hydrogens (tertiary/aromatic N) is 1. The maximum Gasteiger partial charge on any atom is 0.0463 e. The average molecular weight is 722 g/mol. The molecule has 0 radical (unpaired) electrons. The highest BCUT2D eigenvalue weighted by Gasteiger charge is 2.30. The monoisotopic (exact) mass is 722 g/mol. The highest BCUT2D eigenvalue weighted by molar-refractivity contribution is 5.33. The molecule has 1 nitrogen and oxygen atoms in total. The SMILES string of the molecule is C.CC1CCC2C=CC=CC12.CC1CCCc2ccccc21.CC1CCCc2cccnc21.CC1CCc2ccccc2C1.CC1Cc2ccccc2C1. The number of rotatable bonds is 0. The molecule has 6 aliphatic rings. The highest BCUT2D eigenvalue weighted by Crippen LogP contribution is 2.40. The molecule has 6 aliphatic carbocycles. The van der Waals surface area contributed by atoms with Crippen LogP contribution in [0, 0.1) is 29.6 Å². The lowest BCUT2D eigenvalue weighted by atomic mass is 9.84. The average Bonchev–Trinajstić information content (AvgIpc) is 3.77. The van der Waals surface area contributed by atoms with E-state index in [4.69, 9.17) is 0 Å². The van der Waals surface area contributed by atoms with E-state index in [2.05, 4.69) is 143 Å². The number of hydrogen-bond donors (Lipinski definition) is 0.